The van der Waals surface area contributed by atoms with Crippen LogP contribution in [0.1, 0.15) is 60.6 Å². The molecule has 0 aromatic carbocycles. The zero-order valence-electron chi connectivity index (χ0n) is 21.3. The van der Waals surface area contributed by atoms with Gasteiger partial charge in [0, 0.05) is 23.8 Å². The monoisotopic (exact) mass is 555 g/mol. The maximum absolute atomic E-state index is 13.5. The van der Waals surface area contributed by atoms with Crippen molar-refractivity contribution in [3.8, 4) is 11.8 Å². The van der Waals surface area contributed by atoms with Gasteiger partial charge in [-0.15, -0.1) is 0 Å². The molecule has 3 aromatic rings. The Labute approximate surface area is 227 Å². The topological polar surface area (TPSA) is 79.5 Å². The average Bonchev–Trinajstić information content (AvgIpc) is 3.73. The van der Waals surface area contributed by atoms with E-state index in [0.717, 1.165) is 25.7 Å². The van der Waals surface area contributed by atoms with Crippen LogP contribution < -0.4 is 10.6 Å². The molecule has 0 unspecified atom stereocenters. The number of alkyl halides is 3. The molecular weight excluding hydrogens is 527 g/mol. The largest absolute Gasteiger partial charge is 0.446 e. The zero-order chi connectivity index (χ0) is 26.9. The summed E-state index contributed by atoms with van der Waals surface area (Å²) in [6.07, 6.45) is 9.81. The molecule has 2 aliphatic heterocycles. The molecule has 1 amide bonds. The number of nitrogens with zero attached hydrogens (tertiary/aromatic N) is 5. The summed E-state index contributed by atoms with van der Waals surface area (Å²) >= 11 is -0.207. The number of nitrogens with one attached hydrogen (secondary N) is 2. The van der Waals surface area contributed by atoms with Crippen LogP contribution in [0.3, 0.4) is 0 Å². The molecule has 4 fully saturated rings. The van der Waals surface area contributed by atoms with E-state index < -0.39 is 5.51 Å². The van der Waals surface area contributed by atoms with Gasteiger partial charge >= 0.3 is 5.51 Å². The highest BCUT2D eigenvalue weighted by molar-refractivity contribution is 8.00. The van der Waals surface area contributed by atoms with E-state index in [1.807, 2.05) is 6.07 Å². The number of aromatic nitrogens is 4. The Morgan fingerprint density at radius 3 is 2.82 bits per heavy atom. The summed E-state index contributed by atoms with van der Waals surface area (Å²) in [6, 6.07) is 6.72. The molecule has 2 aliphatic carbocycles. The Bertz CT molecular complexity index is 1520. The predicted octanol–water partition coefficient (Wildman–Crippen LogP) is 4.30. The van der Waals surface area contributed by atoms with Gasteiger partial charge in [0.05, 0.1) is 34.8 Å². The summed E-state index contributed by atoms with van der Waals surface area (Å²) in [5.74, 6) is 6.44. The molecule has 5 heterocycles. The quantitative estimate of drug-likeness (QED) is 0.349. The van der Waals surface area contributed by atoms with Crippen molar-refractivity contribution in [3.63, 3.8) is 0 Å². The highest BCUT2D eigenvalue weighted by Gasteiger charge is 2.65. The number of halogens is 3. The summed E-state index contributed by atoms with van der Waals surface area (Å²) in [7, 11) is 2.20. The fraction of sp³-hybridized carbons (Fsp3) is 0.519. The van der Waals surface area contributed by atoms with Gasteiger partial charge in [-0.1, -0.05) is 12.0 Å². The molecule has 4 aliphatic rings. The first-order valence-corrected chi connectivity index (χ1v) is 14.1. The van der Waals surface area contributed by atoms with Crippen molar-refractivity contribution in [2.45, 2.75) is 72.6 Å². The van der Waals surface area contributed by atoms with Crippen LogP contribution in [0.5, 0.6) is 0 Å². The molecule has 8 nitrogen and oxygen atoms in total. The SMILES string of the molecule is CN1[C@H]2CC[C@H]1[C@H]1C[C@@]1(Nc1cccc3c(SC(F)(F)F)c(C#CCNC(=O)c4cnn(C5CC5)c4)nn13)C2. The number of amides is 1. The molecule has 4 atom stereocenters. The first kappa shape index (κ1) is 24.8. The van der Waals surface area contributed by atoms with Gasteiger partial charge in [-0.05, 0) is 81.3 Å². The second-order valence-corrected chi connectivity index (χ2v) is 12.2. The molecule has 7 rings (SSSR count). The summed E-state index contributed by atoms with van der Waals surface area (Å²) in [5, 5.41) is 15.1. The number of anilines is 1. The Morgan fingerprint density at radius 2 is 2.03 bits per heavy atom. The van der Waals surface area contributed by atoms with Crippen molar-refractivity contribution in [3.05, 3.63) is 41.9 Å². The van der Waals surface area contributed by atoms with Crippen molar-refractivity contribution < 1.29 is 18.0 Å². The molecule has 2 saturated heterocycles. The lowest BCUT2D eigenvalue weighted by molar-refractivity contribution is -0.0327. The number of fused-ring (bicyclic) bond motifs is 5. The molecular formula is C27H28F3N7OS. The Hall–Kier alpha value is -3.17. The van der Waals surface area contributed by atoms with Crippen molar-refractivity contribution in [2.24, 2.45) is 5.92 Å². The average molecular weight is 556 g/mol. The maximum atomic E-state index is 13.5. The van der Waals surface area contributed by atoms with Crippen molar-refractivity contribution >= 4 is 29.0 Å². The first-order chi connectivity index (χ1) is 18.7. The molecule has 12 heteroatoms. The Morgan fingerprint density at radius 1 is 1.21 bits per heavy atom. The van der Waals surface area contributed by atoms with Crippen LogP contribution in [0.2, 0.25) is 0 Å². The van der Waals surface area contributed by atoms with Gasteiger partial charge in [0.25, 0.3) is 5.91 Å². The number of piperidine rings is 1. The number of carbonyl (C=O) groups is 1. The number of rotatable bonds is 6. The van der Waals surface area contributed by atoms with Gasteiger partial charge in [-0.2, -0.15) is 23.4 Å². The summed E-state index contributed by atoms with van der Waals surface area (Å²) in [5.41, 5.74) is -3.70. The van der Waals surface area contributed by atoms with Gasteiger partial charge in [-0.3, -0.25) is 9.48 Å². The fourth-order valence-electron chi connectivity index (χ4n) is 6.50. The summed E-state index contributed by atoms with van der Waals surface area (Å²) in [6.45, 7) is -0.0242. The smallest absolute Gasteiger partial charge is 0.364 e. The van der Waals surface area contributed by atoms with E-state index in [-0.39, 0.29) is 40.3 Å². The second kappa shape index (κ2) is 8.93. The predicted molar refractivity (Wildman–Crippen MR) is 140 cm³/mol. The Balaban J connectivity index is 1.12. The van der Waals surface area contributed by atoms with E-state index in [2.05, 4.69) is 44.6 Å². The highest BCUT2D eigenvalue weighted by Crippen LogP contribution is 2.60. The van der Waals surface area contributed by atoms with Crippen LogP contribution in [-0.2, 0) is 0 Å². The summed E-state index contributed by atoms with van der Waals surface area (Å²) < 4.78 is 43.9. The summed E-state index contributed by atoms with van der Waals surface area (Å²) in [4.78, 5) is 14.9. The number of pyridine rings is 1. The minimum Gasteiger partial charge on any atom is -0.364 e. The highest BCUT2D eigenvalue weighted by atomic mass is 32.2. The minimum atomic E-state index is -4.49. The molecule has 2 saturated carbocycles. The van der Waals surface area contributed by atoms with Crippen LogP contribution in [0.4, 0.5) is 19.0 Å². The van der Waals surface area contributed by atoms with Crippen LogP contribution in [0.15, 0.2) is 35.5 Å². The van der Waals surface area contributed by atoms with Gasteiger partial charge in [0.15, 0.2) is 0 Å². The molecule has 2 bridgehead atoms. The van der Waals surface area contributed by atoms with E-state index in [4.69, 9.17) is 0 Å². The van der Waals surface area contributed by atoms with Crippen LogP contribution >= 0.6 is 11.8 Å². The van der Waals surface area contributed by atoms with E-state index in [1.165, 1.54) is 19.0 Å². The van der Waals surface area contributed by atoms with Crippen molar-refractivity contribution in [1.29, 1.82) is 0 Å². The first-order valence-electron chi connectivity index (χ1n) is 13.3. The van der Waals surface area contributed by atoms with Crippen LogP contribution in [0.25, 0.3) is 5.52 Å². The standard InChI is InChI=1S/C27H28F3N7OS/c1-35-18-9-10-21(35)19-13-26(19,12-18)33-23-6-2-5-22-24(39-27(28,29)30)20(34-37(22)23)4-3-11-31-25(38)16-14-32-36(15-16)17-7-8-17/h2,5-6,14-15,17-19,21,33H,7-13H2,1H3,(H,31,38)/t18-,19+,21-,26-/m0/s1. The maximum Gasteiger partial charge on any atom is 0.446 e. The van der Waals surface area contributed by atoms with E-state index >= 15 is 0 Å². The second-order valence-electron chi connectivity index (χ2n) is 11.1. The van der Waals surface area contributed by atoms with E-state index in [9.17, 15) is 18.0 Å². The van der Waals surface area contributed by atoms with E-state index in [1.54, 1.807) is 27.5 Å². The van der Waals surface area contributed by atoms with E-state index in [0.29, 0.717) is 40.9 Å². The van der Waals surface area contributed by atoms with Gasteiger partial charge in [0.2, 0.25) is 0 Å². The zero-order valence-corrected chi connectivity index (χ0v) is 22.1. The van der Waals surface area contributed by atoms with Crippen molar-refractivity contribution in [1.82, 2.24) is 29.6 Å². The normalized spacial score (nSPS) is 27.6. The number of hydrogen-bond acceptors (Lipinski definition) is 6. The lowest BCUT2D eigenvalue weighted by atomic mass is 9.97. The van der Waals surface area contributed by atoms with Gasteiger partial charge in [0.1, 0.15) is 11.5 Å². The minimum absolute atomic E-state index is 0.0242. The van der Waals surface area contributed by atoms with Gasteiger partial charge < -0.3 is 15.5 Å². The molecule has 0 radical (unpaired) electrons. The molecule has 204 valence electrons. The molecule has 3 aromatic heterocycles. The third-order valence-electron chi connectivity index (χ3n) is 8.63. The third kappa shape index (κ3) is 4.55. The third-order valence-corrected chi connectivity index (χ3v) is 9.47. The fourth-order valence-corrected chi connectivity index (χ4v) is 7.18. The lowest BCUT2D eigenvalue weighted by Gasteiger charge is -2.36. The molecule has 0 spiro atoms. The lowest BCUT2D eigenvalue weighted by Crippen LogP contribution is -2.46. The van der Waals surface area contributed by atoms with Gasteiger partial charge in [-0.25, -0.2) is 4.52 Å². The van der Waals surface area contributed by atoms with Crippen LogP contribution in [-0.4, -0.2) is 66.9 Å². The number of hydrogen-bond donors (Lipinski definition) is 2. The molecule has 2 N–H and O–H groups in total. The van der Waals surface area contributed by atoms with Crippen LogP contribution in [0, 0.1) is 17.8 Å². The Kier molecular flexibility index (Phi) is 5.68. The number of carbonyl (C=O) groups excluding carboxylic acids is 1. The number of thioether (sulfide) groups is 1. The molecule has 39 heavy (non-hydrogen) atoms. The van der Waals surface area contributed by atoms with Crippen molar-refractivity contribution in [2.75, 3.05) is 18.9 Å².